The summed E-state index contributed by atoms with van der Waals surface area (Å²) < 4.78 is 3.17. The van der Waals surface area contributed by atoms with Crippen molar-refractivity contribution < 1.29 is 5.11 Å². The SMILES string of the molecule is Cc1csc(=Nc2ccc(Cl)cc2)n1N=Cc1cc(Br)cc(Br)c1O. The first-order chi connectivity index (χ1) is 11.9. The van der Waals surface area contributed by atoms with Crippen LogP contribution in [0.25, 0.3) is 0 Å². The Morgan fingerprint density at radius 3 is 2.64 bits per heavy atom. The van der Waals surface area contributed by atoms with Crippen molar-refractivity contribution in [1.82, 2.24) is 4.68 Å². The van der Waals surface area contributed by atoms with Gasteiger partial charge in [-0.05, 0) is 59.3 Å². The van der Waals surface area contributed by atoms with Crippen LogP contribution in [0.3, 0.4) is 0 Å². The third-order valence-electron chi connectivity index (χ3n) is 3.27. The van der Waals surface area contributed by atoms with Gasteiger partial charge in [-0.15, -0.1) is 11.3 Å². The molecule has 0 unspecified atom stereocenters. The number of aromatic nitrogens is 1. The average Bonchev–Trinajstić information content (AvgIpc) is 2.91. The smallest absolute Gasteiger partial charge is 0.211 e. The Balaban J connectivity index is 2.02. The van der Waals surface area contributed by atoms with E-state index in [0.29, 0.717) is 15.1 Å². The molecule has 0 aliphatic heterocycles. The van der Waals surface area contributed by atoms with E-state index in [9.17, 15) is 5.11 Å². The number of phenols is 1. The van der Waals surface area contributed by atoms with E-state index in [1.54, 1.807) is 35.2 Å². The fourth-order valence-electron chi connectivity index (χ4n) is 2.03. The second kappa shape index (κ2) is 7.86. The van der Waals surface area contributed by atoms with Crippen molar-refractivity contribution in [2.75, 3.05) is 0 Å². The maximum atomic E-state index is 10.1. The molecule has 0 saturated carbocycles. The summed E-state index contributed by atoms with van der Waals surface area (Å²) in [5.74, 6) is 0.136. The number of phenolic OH excluding ortho intramolecular Hbond substituents is 1. The summed E-state index contributed by atoms with van der Waals surface area (Å²) in [6.45, 7) is 1.95. The molecule has 2 aromatic carbocycles. The van der Waals surface area contributed by atoms with Gasteiger partial charge in [0.15, 0.2) is 0 Å². The number of nitrogens with zero attached hydrogens (tertiary/aromatic N) is 3. The molecule has 3 aromatic rings. The van der Waals surface area contributed by atoms with Crippen LogP contribution in [-0.4, -0.2) is 16.0 Å². The number of hydrogen-bond acceptors (Lipinski definition) is 4. The molecule has 0 fully saturated rings. The maximum Gasteiger partial charge on any atom is 0.211 e. The van der Waals surface area contributed by atoms with Gasteiger partial charge in [0.2, 0.25) is 4.80 Å². The lowest BCUT2D eigenvalue weighted by atomic mass is 10.2. The van der Waals surface area contributed by atoms with E-state index in [0.717, 1.165) is 20.7 Å². The highest BCUT2D eigenvalue weighted by molar-refractivity contribution is 9.11. The Morgan fingerprint density at radius 1 is 1.20 bits per heavy atom. The first-order valence-corrected chi connectivity index (χ1v) is 9.98. The fraction of sp³-hybridized carbons (Fsp3) is 0.0588. The van der Waals surface area contributed by atoms with E-state index in [1.807, 2.05) is 24.4 Å². The molecule has 4 nitrogen and oxygen atoms in total. The standard InChI is InChI=1S/C17H12Br2ClN3OS/c1-10-9-25-17(22-14-4-2-13(20)3-5-14)23(10)21-8-11-6-12(18)7-15(19)16(11)24/h2-9,24H,1H3. The minimum Gasteiger partial charge on any atom is -0.506 e. The van der Waals surface area contributed by atoms with Crippen LogP contribution in [0.1, 0.15) is 11.3 Å². The van der Waals surface area contributed by atoms with E-state index in [1.165, 1.54) is 11.3 Å². The van der Waals surface area contributed by atoms with Crippen molar-refractivity contribution in [3.8, 4) is 5.75 Å². The van der Waals surface area contributed by atoms with Crippen LogP contribution >= 0.6 is 54.8 Å². The molecule has 0 aliphatic carbocycles. The minimum atomic E-state index is 0.136. The molecular weight excluding hydrogens is 490 g/mol. The molecule has 0 saturated heterocycles. The predicted octanol–water partition coefficient (Wildman–Crippen LogP) is 5.86. The van der Waals surface area contributed by atoms with Crippen LogP contribution in [-0.2, 0) is 0 Å². The molecule has 0 atom stereocenters. The first kappa shape index (κ1) is 18.4. The average molecular weight is 502 g/mol. The van der Waals surface area contributed by atoms with E-state index in [-0.39, 0.29) is 5.75 Å². The van der Waals surface area contributed by atoms with Crippen molar-refractivity contribution in [2.24, 2.45) is 10.1 Å². The zero-order valence-electron chi connectivity index (χ0n) is 12.9. The van der Waals surface area contributed by atoms with Crippen molar-refractivity contribution in [3.05, 3.63) is 71.8 Å². The summed E-state index contributed by atoms with van der Waals surface area (Å²) >= 11 is 14.1. The van der Waals surface area contributed by atoms with Gasteiger partial charge < -0.3 is 5.11 Å². The summed E-state index contributed by atoms with van der Waals surface area (Å²) in [4.78, 5) is 5.33. The van der Waals surface area contributed by atoms with Gasteiger partial charge in [0, 0.05) is 20.4 Å². The molecule has 1 N–H and O–H groups in total. The van der Waals surface area contributed by atoms with Gasteiger partial charge in [0.05, 0.1) is 22.1 Å². The van der Waals surface area contributed by atoms with Crippen molar-refractivity contribution in [2.45, 2.75) is 6.92 Å². The third-order valence-corrected chi connectivity index (χ3v) is 5.52. The Morgan fingerprint density at radius 2 is 1.92 bits per heavy atom. The van der Waals surface area contributed by atoms with Gasteiger partial charge in [0.1, 0.15) is 5.75 Å². The van der Waals surface area contributed by atoms with Crippen LogP contribution in [0.5, 0.6) is 5.75 Å². The number of benzene rings is 2. The molecule has 0 spiro atoms. The Bertz CT molecular complexity index is 1010. The van der Waals surface area contributed by atoms with Gasteiger partial charge in [-0.3, -0.25) is 0 Å². The predicted molar refractivity (Wildman–Crippen MR) is 110 cm³/mol. The lowest BCUT2D eigenvalue weighted by Crippen LogP contribution is -2.11. The van der Waals surface area contributed by atoms with Crippen molar-refractivity contribution in [1.29, 1.82) is 0 Å². The lowest BCUT2D eigenvalue weighted by Gasteiger charge is -2.03. The van der Waals surface area contributed by atoms with E-state index >= 15 is 0 Å². The van der Waals surface area contributed by atoms with Gasteiger partial charge in [0.25, 0.3) is 0 Å². The van der Waals surface area contributed by atoms with Crippen LogP contribution in [0, 0.1) is 6.92 Å². The lowest BCUT2D eigenvalue weighted by molar-refractivity contribution is 0.471. The normalized spacial score (nSPS) is 12.2. The van der Waals surface area contributed by atoms with Gasteiger partial charge >= 0.3 is 0 Å². The Hall–Kier alpha value is -1.41. The van der Waals surface area contributed by atoms with Crippen molar-refractivity contribution in [3.63, 3.8) is 0 Å². The van der Waals surface area contributed by atoms with Crippen LogP contribution in [0.2, 0.25) is 5.02 Å². The molecular formula is C17H12Br2ClN3OS. The highest BCUT2D eigenvalue weighted by atomic mass is 79.9. The molecule has 1 aromatic heterocycles. The number of halogens is 3. The van der Waals surface area contributed by atoms with Crippen LogP contribution in [0.4, 0.5) is 5.69 Å². The monoisotopic (exact) mass is 499 g/mol. The van der Waals surface area contributed by atoms with Gasteiger partial charge in [-0.25, -0.2) is 9.67 Å². The second-order valence-electron chi connectivity index (χ2n) is 5.13. The zero-order valence-corrected chi connectivity index (χ0v) is 17.7. The number of thiazole rings is 1. The number of hydrogen-bond donors (Lipinski definition) is 1. The second-order valence-corrected chi connectivity index (χ2v) is 8.17. The highest BCUT2D eigenvalue weighted by Gasteiger charge is 2.06. The summed E-state index contributed by atoms with van der Waals surface area (Å²) in [5.41, 5.74) is 2.34. The first-order valence-electron chi connectivity index (χ1n) is 7.14. The Kier molecular flexibility index (Phi) is 5.78. The Labute approximate surface area is 170 Å². The number of aromatic hydroxyl groups is 1. The van der Waals surface area contributed by atoms with E-state index in [2.05, 4.69) is 42.0 Å². The fourth-order valence-corrected chi connectivity index (χ4v) is 4.24. The molecule has 0 bridgehead atoms. The molecule has 25 heavy (non-hydrogen) atoms. The molecule has 1 heterocycles. The van der Waals surface area contributed by atoms with Crippen molar-refractivity contribution >= 4 is 66.7 Å². The highest BCUT2D eigenvalue weighted by Crippen LogP contribution is 2.30. The van der Waals surface area contributed by atoms with E-state index < -0.39 is 0 Å². The number of aryl methyl sites for hydroxylation is 1. The zero-order chi connectivity index (χ0) is 18.0. The third kappa shape index (κ3) is 4.41. The molecule has 0 radical (unpaired) electrons. The van der Waals surface area contributed by atoms with Crippen LogP contribution in [0.15, 0.2) is 60.8 Å². The molecule has 0 aliphatic rings. The summed E-state index contributed by atoms with van der Waals surface area (Å²) in [7, 11) is 0. The summed E-state index contributed by atoms with van der Waals surface area (Å²) in [5, 5.41) is 17.3. The largest absolute Gasteiger partial charge is 0.506 e. The van der Waals surface area contributed by atoms with Gasteiger partial charge in [-0.2, -0.15) is 5.10 Å². The summed E-state index contributed by atoms with van der Waals surface area (Å²) in [6, 6.07) is 10.9. The molecule has 0 amide bonds. The summed E-state index contributed by atoms with van der Waals surface area (Å²) in [6.07, 6.45) is 1.60. The van der Waals surface area contributed by atoms with E-state index in [4.69, 9.17) is 11.6 Å². The molecule has 8 heteroatoms. The minimum absolute atomic E-state index is 0.136. The quantitative estimate of drug-likeness (QED) is 0.449. The topological polar surface area (TPSA) is 49.9 Å². The van der Waals surface area contributed by atoms with Crippen LogP contribution < -0.4 is 4.80 Å². The molecule has 128 valence electrons. The maximum absolute atomic E-state index is 10.1. The molecule has 3 rings (SSSR count). The number of rotatable bonds is 3. The van der Waals surface area contributed by atoms with Gasteiger partial charge in [-0.1, -0.05) is 27.5 Å².